The normalized spacial score (nSPS) is 16.1. The molecule has 0 aliphatic carbocycles. The first kappa shape index (κ1) is 34.5. The summed E-state index contributed by atoms with van der Waals surface area (Å²) in [5, 5.41) is 2.52. The fourth-order valence-corrected chi connectivity index (χ4v) is 5.97. The summed E-state index contributed by atoms with van der Waals surface area (Å²) in [6.07, 6.45) is 3.16. The van der Waals surface area contributed by atoms with Crippen LogP contribution in [-0.2, 0) is 29.5 Å². The first-order valence-electron chi connectivity index (χ1n) is 16.0. The van der Waals surface area contributed by atoms with Crippen LogP contribution in [0.1, 0.15) is 68.6 Å². The molecule has 0 radical (unpaired) electrons. The van der Waals surface area contributed by atoms with Crippen LogP contribution in [0.25, 0.3) is 0 Å². The van der Waals surface area contributed by atoms with Crippen molar-refractivity contribution in [2.24, 2.45) is 0 Å². The maximum atomic E-state index is 13.5. The van der Waals surface area contributed by atoms with E-state index in [1.54, 1.807) is 14.2 Å². The SMILES string of the molecule is CCCCCC(=O)N1C[C@H](OC(=O)CCC(=O)NC)CC1COC(c1ccccc1)(c1ccc(OC)cc1)c1ccc(OC)cc1. The molecule has 1 saturated heterocycles. The van der Waals surface area contributed by atoms with Crippen molar-refractivity contribution in [1.29, 1.82) is 0 Å². The maximum absolute atomic E-state index is 13.5. The first-order chi connectivity index (χ1) is 22.3. The number of methoxy groups -OCH3 is 2. The summed E-state index contributed by atoms with van der Waals surface area (Å²) in [5.41, 5.74) is 1.65. The Morgan fingerprint density at radius 1 is 0.804 bits per heavy atom. The molecule has 1 unspecified atom stereocenters. The predicted molar refractivity (Wildman–Crippen MR) is 176 cm³/mol. The molecule has 0 spiro atoms. The lowest BCUT2D eigenvalue weighted by Gasteiger charge is -2.38. The Labute approximate surface area is 272 Å². The molecule has 0 aromatic heterocycles. The molecule has 0 saturated carbocycles. The molecule has 1 heterocycles. The fourth-order valence-electron chi connectivity index (χ4n) is 5.97. The third-order valence-electron chi connectivity index (χ3n) is 8.49. The van der Waals surface area contributed by atoms with Crippen LogP contribution in [0.2, 0.25) is 0 Å². The second-order valence-electron chi connectivity index (χ2n) is 11.5. The number of carbonyl (C=O) groups excluding carboxylic acids is 3. The Morgan fingerprint density at radius 3 is 1.93 bits per heavy atom. The van der Waals surface area contributed by atoms with Crippen molar-refractivity contribution in [2.75, 3.05) is 34.4 Å². The second-order valence-corrected chi connectivity index (χ2v) is 11.5. The molecular weight excluding hydrogens is 584 g/mol. The highest BCUT2D eigenvalue weighted by molar-refractivity contribution is 5.81. The van der Waals surface area contributed by atoms with Gasteiger partial charge in [-0.2, -0.15) is 0 Å². The lowest BCUT2D eigenvalue weighted by atomic mass is 9.80. The van der Waals surface area contributed by atoms with Crippen molar-refractivity contribution in [3.05, 3.63) is 95.6 Å². The van der Waals surface area contributed by atoms with Crippen molar-refractivity contribution < 1.29 is 33.3 Å². The largest absolute Gasteiger partial charge is 0.497 e. The van der Waals surface area contributed by atoms with Gasteiger partial charge in [0, 0.05) is 26.3 Å². The minimum absolute atomic E-state index is 0.0187. The minimum Gasteiger partial charge on any atom is -0.497 e. The summed E-state index contributed by atoms with van der Waals surface area (Å²) < 4.78 is 23.8. The highest BCUT2D eigenvalue weighted by atomic mass is 16.5. The zero-order valence-electron chi connectivity index (χ0n) is 27.3. The molecular formula is C37H46N2O7. The van der Waals surface area contributed by atoms with Gasteiger partial charge in [0.1, 0.15) is 23.2 Å². The standard InChI is InChI=1S/C37H46N2O7/c1-5-6-8-13-35(41)39-25-33(46-36(42)23-22-34(40)38-2)24-30(39)26-45-37(27-11-9-7-10-12-27,28-14-18-31(43-3)19-15-28)29-16-20-32(44-4)21-17-29/h7,9-12,14-21,30,33H,5-6,8,13,22-26H2,1-4H3,(H,38,40)/t30?,33-/m1/s1. The Hall–Kier alpha value is -4.37. The van der Waals surface area contributed by atoms with Crippen LogP contribution in [0.3, 0.4) is 0 Å². The van der Waals surface area contributed by atoms with Gasteiger partial charge < -0.3 is 29.2 Å². The summed E-state index contributed by atoms with van der Waals surface area (Å²) >= 11 is 0. The van der Waals surface area contributed by atoms with Gasteiger partial charge in [0.25, 0.3) is 0 Å². The van der Waals surface area contributed by atoms with E-state index >= 15 is 0 Å². The van der Waals surface area contributed by atoms with E-state index in [0.717, 1.165) is 47.5 Å². The van der Waals surface area contributed by atoms with Crippen LogP contribution in [0.5, 0.6) is 11.5 Å². The summed E-state index contributed by atoms with van der Waals surface area (Å²) in [6.45, 7) is 2.58. The number of hydrogen-bond donors (Lipinski definition) is 1. The van der Waals surface area contributed by atoms with E-state index in [-0.39, 0.29) is 43.8 Å². The third-order valence-corrected chi connectivity index (χ3v) is 8.49. The molecule has 9 nitrogen and oxygen atoms in total. The number of benzene rings is 3. The van der Waals surface area contributed by atoms with Crippen LogP contribution < -0.4 is 14.8 Å². The number of unbranched alkanes of at least 4 members (excludes halogenated alkanes) is 2. The molecule has 3 aromatic carbocycles. The van der Waals surface area contributed by atoms with Gasteiger partial charge in [-0.3, -0.25) is 14.4 Å². The molecule has 0 bridgehead atoms. The van der Waals surface area contributed by atoms with E-state index in [1.807, 2.05) is 83.8 Å². The maximum Gasteiger partial charge on any atom is 0.306 e. The zero-order chi connectivity index (χ0) is 32.9. The van der Waals surface area contributed by atoms with E-state index in [2.05, 4.69) is 12.2 Å². The van der Waals surface area contributed by atoms with E-state index < -0.39 is 17.7 Å². The van der Waals surface area contributed by atoms with E-state index in [4.69, 9.17) is 18.9 Å². The average Bonchev–Trinajstić information content (AvgIpc) is 3.50. The van der Waals surface area contributed by atoms with Crippen LogP contribution in [0, 0.1) is 0 Å². The van der Waals surface area contributed by atoms with Crippen molar-refractivity contribution in [2.45, 2.75) is 69.6 Å². The monoisotopic (exact) mass is 630 g/mol. The summed E-state index contributed by atoms with van der Waals surface area (Å²) in [4.78, 5) is 39.7. The second kappa shape index (κ2) is 16.8. The van der Waals surface area contributed by atoms with Crippen molar-refractivity contribution in [3.8, 4) is 11.5 Å². The smallest absolute Gasteiger partial charge is 0.306 e. The summed E-state index contributed by atoms with van der Waals surface area (Å²) in [6, 6.07) is 25.3. The fraction of sp³-hybridized carbons (Fsp3) is 0.432. The number of rotatable bonds is 16. The molecule has 1 fully saturated rings. The molecule has 1 aliphatic rings. The topological polar surface area (TPSA) is 103 Å². The first-order valence-corrected chi connectivity index (χ1v) is 16.0. The predicted octanol–water partition coefficient (Wildman–Crippen LogP) is 5.63. The molecule has 1 aliphatic heterocycles. The highest BCUT2D eigenvalue weighted by Crippen LogP contribution is 2.42. The van der Waals surface area contributed by atoms with Crippen LogP contribution in [0.15, 0.2) is 78.9 Å². The number of ether oxygens (including phenoxy) is 4. The van der Waals surface area contributed by atoms with E-state index in [9.17, 15) is 14.4 Å². The van der Waals surface area contributed by atoms with Crippen LogP contribution in [0.4, 0.5) is 0 Å². The lowest BCUT2D eigenvalue weighted by Crippen LogP contribution is -2.42. The van der Waals surface area contributed by atoms with Crippen molar-refractivity contribution in [3.63, 3.8) is 0 Å². The van der Waals surface area contributed by atoms with Gasteiger partial charge in [-0.25, -0.2) is 0 Å². The molecule has 246 valence electrons. The van der Waals surface area contributed by atoms with Gasteiger partial charge in [-0.05, 0) is 47.4 Å². The molecule has 4 rings (SSSR count). The van der Waals surface area contributed by atoms with Gasteiger partial charge in [-0.15, -0.1) is 0 Å². The van der Waals surface area contributed by atoms with Crippen molar-refractivity contribution in [1.82, 2.24) is 10.2 Å². The van der Waals surface area contributed by atoms with Gasteiger partial charge in [0.15, 0.2) is 0 Å². The number of hydrogen-bond acceptors (Lipinski definition) is 7. The molecule has 2 atom stereocenters. The number of nitrogens with one attached hydrogen (secondary N) is 1. The number of carbonyl (C=O) groups is 3. The zero-order valence-corrected chi connectivity index (χ0v) is 27.3. The van der Waals surface area contributed by atoms with E-state index in [0.29, 0.717) is 12.8 Å². The minimum atomic E-state index is -1.04. The molecule has 3 aromatic rings. The quantitative estimate of drug-likeness (QED) is 0.124. The van der Waals surface area contributed by atoms with Crippen molar-refractivity contribution >= 4 is 17.8 Å². The Morgan fingerprint density at radius 2 is 1.39 bits per heavy atom. The number of amides is 2. The lowest BCUT2D eigenvalue weighted by molar-refractivity contribution is -0.150. The van der Waals surface area contributed by atoms with Gasteiger partial charge >= 0.3 is 5.97 Å². The number of esters is 1. The van der Waals surface area contributed by atoms with Crippen LogP contribution in [-0.4, -0.2) is 69.2 Å². The molecule has 1 N–H and O–H groups in total. The molecule has 9 heteroatoms. The number of likely N-dealkylation sites (tertiary alicyclic amines) is 1. The summed E-state index contributed by atoms with van der Waals surface area (Å²) in [7, 11) is 4.80. The van der Waals surface area contributed by atoms with Crippen LogP contribution >= 0.6 is 0 Å². The van der Waals surface area contributed by atoms with Gasteiger partial charge in [0.2, 0.25) is 11.8 Å². The Bertz CT molecular complexity index is 1360. The summed E-state index contributed by atoms with van der Waals surface area (Å²) in [5.74, 6) is 0.785. The highest BCUT2D eigenvalue weighted by Gasteiger charge is 2.42. The number of nitrogens with zero attached hydrogens (tertiary/aromatic N) is 1. The third kappa shape index (κ3) is 8.46. The Balaban J connectivity index is 1.69. The molecule has 2 amide bonds. The van der Waals surface area contributed by atoms with Gasteiger partial charge in [0.05, 0.1) is 39.8 Å². The average molecular weight is 631 g/mol. The van der Waals surface area contributed by atoms with E-state index in [1.165, 1.54) is 7.05 Å². The molecule has 46 heavy (non-hydrogen) atoms. The van der Waals surface area contributed by atoms with Gasteiger partial charge in [-0.1, -0.05) is 74.4 Å². The Kier molecular flexibility index (Phi) is 12.6.